The number of rotatable bonds is 7. The largest absolute Gasteiger partial charge is 0.507 e. The molecule has 1 aliphatic rings. The number of aromatic hydroxyl groups is 1. The lowest BCUT2D eigenvalue weighted by Gasteiger charge is -2.29. The molecule has 0 radical (unpaired) electrons. The minimum Gasteiger partial charge on any atom is -0.507 e. The molecule has 5 rings (SSSR count). The van der Waals surface area contributed by atoms with Crippen LogP contribution in [-0.2, 0) is 9.53 Å². The number of hydrogen-bond donors (Lipinski definition) is 2. The van der Waals surface area contributed by atoms with Gasteiger partial charge in [-0.2, -0.15) is 0 Å². The molecule has 2 heterocycles. The molecule has 37 heavy (non-hydrogen) atoms. The predicted molar refractivity (Wildman–Crippen MR) is 139 cm³/mol. The molecule has 0 aliphatic carbocycles. The summed E-state index contributed by atoms with van der Waals surface area (Å²) in [5, 5.41) is 22.7. The summed E-state index contributed by atoms with van der Waals surface area (Å²) in [5.74, 6) is -1.17. The summed E-state index contributed by atoms with van der Waals surface area (Å²) in [7, 11) is 0. The van der Waals surface area contributed by atoms with E-state index in [1.165, 1.54) is 6.08 Å². The van der Waals surface area contributed by atoms with Crippen molar-refractivity contribution in [1.29, 1.82) is 0 Å². The number of anilines is 1. The molecule has 3 aromatic carbocycles. The van der Waals surface area contributed by atoms with Crippen molar-refractivity contribution in [2.75, 3.05) is 31.2 Å². The van der Waals surface area contributed by atoms with Crippen LogP contribution < -0.4 is 15.3 Å². The molecular formula is C29H25NO7. The van der Waals surface area contributed by atoms with Crippen LogP contribution >= 0.6 is 0 Å². The fraction of sp³-hybridized carbons (Fsp3) is 0.172. The van der Waals surface area contributed by atoms with Gasteiger partial charge in [-0.3, -0.25) is 4.79 Å². The van der Waals surface area contributed by atoms with Gasteiger partial charge in [0, 0.05) is 24.7 Å². The third-order valence-corrected chi connectivity index (χ3v) is 6.42. The van der Waals surface area contributed by atoms with E-state index in [9.17, 15) is 19.8 Å². The third-order valence-electron chi connectivity index (χ3n) is 6.42. The predicted octanol–water partition coefficient (Wildman–Crippen LogP) is 4.60. The highest BCUT2D eigenvalue weighted by atomic mass is 16.5. The van der Waals surface area contributed by atoms with Crippen molar-refractivity contribution >= 4 is 28.9 Å². The van der Waals surface area contributed by atoms with Gasteiger partial charge in [-0.1, -0.05) is 36.4 Å². The molecule has 1 aliphatic heterocycles. The standard InChI is InChI=1S/C29H25NO7/c31-18-36-25-7-3-1-5-21(25)24(32)17-23(19-9-11-20(12-10-19)30-13-15-35-16-14-30)27-28(33)22-6-2-4-8-26(22)37-29(27)34/h1-12,17-18,23,32-33H,13-16H2/b24-17-. The van der Waals surface area contributed by atoms with E-state index < -0.39 is 11.5 Å². The maximum Gasteiger partial charge on any atom is 0.344 e. The average Bonchev–Trinajstić information content (AvgIpc) is 2.93. The molecule has 1 unspecified atom stereocenters. The van der Waals surface area contributed by atoms with Crippen molar-refractivity contribution < 1.29 is 28.9 Å². The molecule has 0 bridgehead atoms. The second kappa shape index (κ2) is 10.6. The number of carbonyl (C=O) groups is 1. The Labute approximate surface area is 212 Å². The number of ether oxygens (including phenoxy) is 2. The van der Waals surface area contributed by atoms with E-state index in [0.717, 1.165) is 18.8 Å². The topological polar surface area (TPSA) is 109 Å². The van der Waals surface area contributed by atoms with Gasteiger partial charge in [0.05, 0.1) is 29.7 Å². The van der Waals surface area contributed by atoms with Crippen molar-refractivity contribution in [3.63, 3.8) is 0 Å². The summed E-state index contributed by atoms with van der Waals surface area (Å²) in [6, 6.07) is 20.8. The maximum atomic E-state index is 13.1. The van der Waals surface area contributed by atoms with E-state index in [1.54, 1.807) is 48.5 Å². The number of morpholine rings is 1. The fourth-order valence-corrected chi connectivity index (χ4v) is 4.56. The fourth-order valence-electron chi connectivity index (χ4n) is 4.56. The quantitative estimate of drug-likeness (QED) is 0.216. The van der Waals surface area contributed by atoms with Crippen LogP contribution in [0.5, 0.6) is 11.5 Å². The van der Waals surface area contributed by atoms with Crippen LogP contribution in [0.2, 0.25) is 0 Å². The molecular weight excluding hydrogens is 474 g/mol. The van der Waals surface area contributed by atoms with Gasteiger partial charge in [0.15, 0.2) is 0 Å². The molecule has 2 N–H and O–H groups in total. The summed E-state index contributed by atoms with van der Waals surface area (Å²) < 4.78 is 16.0. The van der Waals surface area contributed by atoms with Gasteiger partial charge in [-0.05, 0) is 48.0 Å². The Morgan fingerprint density at radius 1 is 0.973 bits per heavy atom. The number of aliphatic hydroxyl groups is 1. The number of aliphatic hydroxyl groups excluding tert-OH is 1. The Bertz CT molecular complexity index is 1500. The third kappa shape index (κ3) is 4.92. The lowest BCUT2D eigenvalue weighted by molar-refractivity contribution is -0.120. The minimum absolute atomic E-state index is 0.0156. The van der Waals surface area contributed by atoms with E-state index in [4.69, 9.17) is 13.9 Å². The first-order valence-corrected chi connectivity index (χ1v) is 11.8. The van der Waals surface area contributed by atoms with Crippen LogP contribution in [0, 0.1) is 0 Å². The summed E-state index contributed by atoms with van der Waals surface area (Å²) in [6.45, 7) is 3.11. The lowest BCUT2D eigenvalue weighted by atomic mass is 9.89. The van der Waals surface area contributed by atoms with Crippen molar-refractivity contribution in [1.82, 2.24) is 0 Å². The number of allylic oxidation sites excluding steroid dienone is 1. The number of benzene rings is 3. The van der Waals surface area contributed by atoms with E-state index in [2.05, 4.69) is 4.90 Å². The van der Waals surface area contributed by atoms with E-state index >= 15 is 0 Å². The molecule has 0 amide bonds. The average molecular weight is 500 g/mol. The van der Waals surface area contributed by atoms with Crippen LogP contribution in [0.3, 0.4) is 0 Å². The number of fused-ring (bicyclic) bond motifs is 1. The molecule has 0 spiro atoms. The van der Waals surface area contributed by atoms with Crippen LogP contribution in [-0.4, -0.2) is 43.0 Å². The first kappa shape index (κ1) is 24.1. The molecule has 1 aromatic heterocycles. The summed E-state index contributed by atoms with van der Waals surface area (Å²) in [4.78, 5) is 26.3. The molecule has 0 saturated carbocycles. The number of nitrogens with zero attached hydrogens (tertiary/aromatic N) is 1. The van der Waals surface area contributed by atoms with Gasteiger partial charge in [0.25, 0.3) is 6.47 Å². The highest BCUT2D eigenvalue weighted by Crippen LogP contribution is 2.37. The van der Waals surface area contributed by atoms with Gasteiger partial charge in [-0.25, -0.2) is 4.79 Å². The Hall–Kier alpha value is -4.56. The lowest BCUT2D eigenvalue weighted by Crippen LogP contribution is -2.36. The SMILES string of the molecule is O=COc1ccccc1/C(O)=C/C(c1ccc(N2CCOCC2)cc1)c1c(O)c2ccccc2oc1=O. The maximum absolute atomic E-state index is 13.1. The van der Waals surface area contributed by atoms with E-state index in [-0.39, 0.29) is 40.4 Å². The molecule has 4 aromatic rings. The van der Waals surface area contributed by atoms with Crippen LogP contribution in [0.4, 0.5) is 5.69 Å². The second-order valence-electron chi connectivity index (χ2n) is 8.58. The second-order valence-corrected chi connectivity index (χ2v) is 8.58. The van der Waals surface area contributed by atoms with Crippen molar-refractivity contribution in [3.8, 4) is 11.5 Å². The molecule has 8 nitrogen and oxygen atoms in total. The molecule has 188 valence electrons. The Balaban J connectivity index is 1.65. The van der Waals surface area contributed by atoms with Crippen molar-refractivity contribution in [3.05, 3.63) is 106 Å². The monoisotopic (exact) mass is 499 g/mol. The van der Waals surface area contributed by atoms with Gasteiger partial charge < -0.3 is 29.0 Å². The van der Waals surface area contributed by atoms with Crippen LogP contribution in [0.25, 0.3) is 16.7 Å². The summed E-state index contributed by atoms with van der Waals surface area (Å²) in [5.41, 5.74) is 1.43. The molecule has 8 heteroatoms. The Morgan fingerprint density at radius 3 is 2.43 bits per heavy atom. The van der Waals surface area contributed by atoms with E-state index in [1.807, 2.05) is 24.3 Å². The Morgan fingerprint density at radius 2 is 1.68 bits per heavy atom. The number of hydrogen-bond acceptors (Lipinski definition) is 8. The first-order chi connectivity index (χ1) is 18.1. The molecule has 1 saturated heterocycles. The smallest absolute Gasteiger partial charge is 0.344 e. The van der Waals surface area contributed by atoms with Crippen molar-refractivity contribution in [2.45, 2.75) is 5.92 Å². The number of para-hydroxylation sites is 2. The summed E-state index contributed by atoms with van der Waals surface area (Å²) in [6.07, 6.45) is 1.44. The minimum atomic E-state index is -0.871. The molecule has 1 atom stereocenters. The zero-order chi connectivity index (χ0) is 25.8. The first-order valence-electron chi connectivity index (χ1n) is 11.8. The van der Waals surface area contributed by atoms with E-state index in [0.29, 0.717) is 24.2 Å². The van der Waals surface area contributed by atoms with Gasteiger partial charge in [-0.15, -0.1) is 0 Å². The van der Waals surface area contributed by atoms with Crippen LogP contribution in [0.15, 0.2) is 88.1 Å². The molecule has 1 fully saturated rings. The number of carbonyl (C=O) groups excluding carboxylic acids is 1. The normalized spacial score (nSPS) is 14.9. The van der Waals surface area contributed by atoms with Gasteiger partial charge in [0.1, 0.15) is 22.8 Å². The Kier molecular flexibility index (Phi) is 6.91. The zero-order valence-electron chi connectivity index (χ0n) is 19.9. The summed E-state index contributed by atoms with van der Waals surface area (Å²) >= 11 is 0. The van der Waals surface area contributed by atoms with Crippen LogP contribution in [0.1, 0.15) is 22.6 Å². The van der Waals surface area contributed by atoms with Crippen molar-refractivity contribution in [2.24, 2.45) is 0 Å². The highest BCUT2D eigenvalue weighted by Gasteiger charge is 2.25. The zero-order valence-corrected chi connectivity index (χ0v) is 19.9. The van der Waals surface area contributed by atoms with Gasteiger partial charge in [0.2, 0.25) is 0 Å². The highest BCUT2D eigenvalue weighted by molar-refractivity contribution is 5.84. The van der Waals surface area contributed by atoms with Gasteiger partial charge >= 0.3 is 5.63 Å².